The summed E-state index contributed by atoms with van der Waals surface area (Å²) in [6, 6.07) is 11.3. The zero-order valence-electron chi connectivity index (χ0n) is 21.7. The number of hydrogen-bond donors (Lipinski definition) is 1. The number of benzene rings is 1. The maximum absolute atomic E-state index is 5.23. The van der Waals surface area contributed by atoms with Gasteiger partial charge < -0.3 is 10.2 Å². The van der Waals surface area contributed by atoms with Crippen molar-refractivity contribution in [1.29, 1.82) is 0 Å². The molecule has 180 valence electrons. The van der Waals surface area contributed by atoms with Crippen LogP contribution in [0.15, 0.2) is 60.3 Å². The first-order chi connectivity index (χ1) is 16.4. The zero-order valence-corrected chi connectivity index (χ0v) is 21.7. The van der Waals surface area contributed by atoms with E-state index in [1.165, 1.54) is 25.7 Å². The number of rotatable bonds is 8. The molecule has 1 saturated carbocycles. The van der Waals surface area contributed by atoms with Gasteiger partial charge in [-0.3, -0.25) is 4.99 Å². The van der Waals surface area contributed by atoms with Crippen molar-refractivity contribution in [2.24, 2.45) is 10.9 Å². The number of aryl methyl sites for hydroxylation is 1. The Labute approximate surface area is 206 Å². The van der Waals surface area contributed by atoms with Crippen LogP contribution >= 0.6 is 0 Å². The van der Waals surface area contributed by atoms with Crippen molar-refractivity contribution < 1.29 is 0 Å². The van der Waals surface area contributed by atoms with Crippen LogP contribution < -0.4 is 5.32 Å². The Hall–Kier alpha value is -3.14. The van der Waals surface area contributed by atoms with Gasteiger partial charge in [-0.15, -0.1) is 0 Å². The van der Waals surface area contributed by atoms with Crippen molar-refractivity contribution in [1.82, 2.24) is 9.88 Å². The molecule has 2 unspecified atom stereocenters. The largest absolute Gasteiger partial charge is 0.383 e. The fourth-order valence-electron chi connectivity index (χ4n) is 4.80. The summed E-state index contributed by atoms with van der Waals surface area (Å²) >= 11 is 0. The summed E-state index contributed by atoms with van der Waals surface area (Å²) in [5.41, 5.74) is 7.69. The van der Waals surface area contributed by atoms with Gasteiger partial charge in [-0.25, -0.2) is 4.98 Å². The van der Waals surface area contributed by atoms with Gasteiger partial charge in [-0.05, 0) is 67.0 Å². The molecule has 0 radical (unpaired) electrons. The van der Waals surface area contributed by atoms with E-state index >= 15 is 0 Å². The second kappa shape index (κ2) is 11.8. The SMILES string of the molecule is C=C/C(=C\N(C)C)c1cccc(-c2nc(NC3CCCC(C)C3)c(/C(C=NC)=C/C)cc2C)c1. The first-order valence-corrected chi connectivity index (χ1v) is 12.3. The van der Waals surface area contributed by atoms with Crippen molar-refractivity contribution in [3.63, 3.8) is 0 Å². The number of allylic oxidation sites excluding steroid dienone is 4. The van der Waals surface area contributed by atoms with E-state index < -0.39 is 0 Å². The molecule has 34 heavy (non-hydrogen) atoms. The highest BCUT2D eigenvalue weighted by molar-refractivity contribution is 6.11. The van der Waals surface area contributed by atoms with E-state index in [0.29, 0.717) is 6.04 Å². The summed E-state index contributed by atoms with van der Waals surface area (Å²) in [6.45, 7) is 10.6. The molecule has 0 bridgehead atoms. The average Bonchev–Trinajstić information content (AvgIpc) is 2.82. The van der Waals surface area contributed by atoms with Crippen molar-refractivity contribution in [3.8, 4) is 11.3 Å². The fourth-order valence-corrected chi connectivity index (χ4v) is 4.80. The van der Waals surface area contributed by atoms with Gasteiger partial charge in [0.05, 0.1) is 5.69 Å². The van der Waals surface area contributed by atoms with Crippen molar-refractivity contribution in [2.75, 3.05) is 26.5 Å². The summed E-state index contributed by atoms with van der Waals surface area (Å²) in [5.74, 6) is 1.70. The third-order valence-electron chi connectivity index (χ3n) is 6.47. The van der Waals surface area contributed by atoms with E-state index in [4.69, 9.17) is 4.98 Å². The molecule has 3 rings (SSSR count). The number of aliphatic imine (C=N–C) groups is 1. The highest BCUT2D eigenvalue weighted by atomic mass is 15.0. The highest BCUT2D eigenvalue weighted by Gasteiger charge is 2.22. The molecule has 2 atom stereocenters. The van der Waals surface area contributed by atoms with Crippen LogP contribution in [0.25, 0.3) is 22.4 Å². The van der Waals surface area contributed by atoms with Gasteiger partial charge in [0.2, 0.25) is 0 Å². The molecule has 1 aromatic heterocycles. The van der Waals surface area contributed by atoms with Crippen LogP contribution in [-0.4, -0.2) is 43.3 Å². The van der Waals surface area contributed by atoms with E-state index in [0.717, 1.165) is 50.8 Å². The lowest BCUT2D eigenvalue weighted by Crippen LogP contribution is -2.27. The topological polar surface area (TPSA) is 40.5 Å². The first kappa shape index (κ1) is 25.5. The van der Waals surface area contributed by atoms with Gasteiger partial charge in [-0.1, -0.05) is 56.7 Å². The minimum atomic E-state index is 0.448. The summed E-state index contributed by atoms with van der Waals surface area (Å²) in [5, 5.41) is 3.82. The van der Waals surface area contributed by atoms with Gasteiger partial charge in [0.1, 0.15) is 5.82 Å². The highest BCUT2D eigenvalue weighted by Crippen LogP contribution is 2.33. The van der Waals surface area contributed by atoms with Crippen molar-refractivity contribution in [3.05, 3.63) is 72.0 Å². The maximum Gasteiger partial charge on any atom is 0.134 e. The molecule has 1 fully saturated rings. The molecule has 0 amide bonds. The van der Waals surface area contributed by atoms with Crippen molar-refractivity contribution >= 4 is 23.2 Å². The van der Waals surface area contributed by atoms with Gasteiger partial charge in [0, 0.05) is 50.7 Å². The predicted molar refractivity (Wildman–Crippen MR) is 149 cm³/mol. The minimum absolute atomic E-state index is 0.448. The Balaban J connectivity index is 2.10. The summed E-state index contributed by atoms with van der Waals surface area (Å²) in [6.07, 6.45) is 13.0. The summed E-state index contributed by atoms with van der Waals surface area (Å²) in [7, 11) is 5.87. The second-order valence-electron chi connectivity index (χ2n) is 9.63. The molecular formula is C30H40N4. The average molecular weight is 457 g/mol. The lowest BCUT2D eigenvalue weighted by Gasteiger charge is -2.29. The van der Waals surface area contributed by atoms with Crippen molar-refractivity contribution in [2.45, 2.75) is 52.5 Å². The molecule has 1 aliphatic rings. The van der Waals surface area contributed by atoms with Crippen LogP contribution in [0, 0.1) is 12.8 Å². The van der Waals surface area contributed by atoms with Crippen LogP contribution in [0.2, 0.25) is 0 Å². The number of aromatic nitrogens is 1. The molecular weight excluding hydrogens is 416 g/mol. The van der Waals surface area contributed by atoms with Crippen LogP contribution in [0.5, 0.6) is 0 Å². The third kappa shape index (κ3) is 6.25. The van der Waals surface area contributed by atoms with Crippen LogP contribution in [0.1, 0.15) is 56.2 Å². The Kier molecular flexibility index (Phi) is 8.86. The molecule has 1 aliphatic carbocycles. The second-order valence-corrected chi connectivity index (χ2v) is 9.63. The lowest BCUT2D eigenvalue weighted by molar-refractivity contribution is 0.358. The molecule has 0 saturated heterocycles. The fraction of sp³-hybridized carbons (Fsp3) is 0.400. The molecule has 1 heterocycles. The maximum atomic E-state index is 5.23. The monoisotopic (exact) mass is 456 g/mol. The van der Waals surface area contributed by atoms with E-state index in [-0.39, 0.29) is 0 Å². The zero-order chi connectivity index (χ0) is 24.7. The predicted octanol–water partition coefficient (Wildman–Crippen LogP) is 7.24. The van der Waals surface area contributed by atoms with E-state index in [1.54, 1.807) is 0 Å². The Morgan fingerprint density at radius 3 is 2.65 bits per heavy atom. The quantitative estimate of drug-likeness (QED) is 0.336. The Bertz CT molecular complexity index is 1090. The normalized spacial score (nSPS) is 19.4. The van der Waals surface area contributed by atoms with Gasteiger partial charge >= 0.3 is 0 Å². The van der Waals surface area contributed by atoms with Crippen LogP contribution in [0.3, 0.4) is 0 Å². The molecule has 4 nitrogen and oxygen atoms in total. The van der Waals surface area contributed by atoms with E-state index in [2.05, 4.69) is 80.3 Å². The van der Waals surface area contributed by atoms with Crippen LogP contribution in [-0.2, 0) is 0 Å². The number of pyridine rings is 1. The Morgan fingerprint density at radius 2 is 2.00 bits per heavy atom. The molecule has 4 heteroatoms. The van der Waals surface area contributed by atoms with Crippen LogP contribution in [0.4, 0.5) is 5.82 Å². The van der Waals surface area contributed by atoms with Gasteiger partial charge in [-0.2, -0.15) is 0 Å². The molecule has 0 spiro atoms. The van der Waals surface area contributed by atoms with E-state index in [1.807, 2.05) is 38.3 Å². The minimum Gasteiger partial charge on any atom is -0.383 e. The molecule has 2 aromatic rings. The molecule has 1 N–H and O–H groups in total. The van der Waals surface area contributed by atoms with Gasteiger partial charge in [0.25, 0.3) is 0 Å². The number of anilines is 1. The number of hydrogen-bond acceptors (Lipinski definition) is 4. The van der Waals surface area contributed by atoms with Gasteiger partial charge in [0.15, 0.2) is 0 Å². The molecule has 1 aromatic carbocycles. The Morgan fingerprint density at radius 1 is 1.21 bits per heavy atom. The third-order valence-corrected chi connectivity index (χ3v) is 6.47. The number of nitrogens with zero attached hydrogens (tertiary/aromatic N) is 3. The van der Waals surface area contributed by atoms with E-state index in [9.17, 15) is 0 Å². The number of nitrogens with one attached hydrogen (secondary N) is 1. The molecule has 0 aliphatic heterocycles. The standard InChI is InChI=1S/C30H40N4/c1-8-23(19-31-5)28-17-22(4)29(33-30(28)32-27-15-10-12-21(3)16-27)26-14-11-13-25(18-26)24(9-2)20-34(6)7/h8-9,11,13-14,17-21,27H,2,10,12,15-16H2,1,3-7H3,(H,32,33)/b23-8+,24-20+,31-19?. The lowest BCUT2D eigenvalue weighted by atomic mass is 9.87. The summed E-state index contributed by atoms with van der Waals surface area (Å²) < 4.78 is 0. The smallest absolute Gasteiger partial charge is 0.134 e. The first-order valence-electron chi connectivity index (χ1n) is 12.3. The summed E-state index contributed by atoms with van der Waals surface area (Å²) in [4.78, 5) is 11.6.